The second-order valence-corrected chi connectivity index (χ2v) is 5.24. The van der Waals surface area contributed by atoms with Crippen LogP contribution in [0.15, 0.2) is 42.5 Å². The van der Waals surface area contributed by atoms with E-state index < -0.39 is 4.92 Å². The van der Waals surface area contributed by atoms with Crippen LogP contribution in [0.4, 0.5) is 10.1 Å². The maximum atomic E-state index is 12.8. The number of amides is 1. The first kappa shape index (κ1) is 17.4. The van der Waals surface area contributed by atoms with E-state index in [9.17, 15) is 19.3 Å². The van der Waals surface area contributed by atoms with Gasteiger partial charge >= 0.3 is 5.69 Å². The Balaban J connectivity index is 1.82. The zero-order chi connectivity index (χ0) is 17.5. The Kier molecular flexibility index (Phi) is 5.83. The number of nitro groups is 1. The molecule has 0 spiro atoms. The van der Waals surface area contributed by atoms with E-state index in [-0.39, 0.29) is 29.8 Å². The molecule has 0 aliphatic heterocycles. The average molecular weight is 332 g/mol. The molecule has 0 fully saturated rings. The second-order valence-electron chi connectivity index (χ2n) is 5.24. The third-order valence-electron chi connectivity index (χ3n) is 3.32. The summed E-state index contributed by atoms with van der Waals surface area (Å²) in [5, 5.41) is 13.6. The zero-order valence-corrected chi connectivity index (χ0v) is 13.1. The van der Waals surface area contributed by atoms with E-state index in [2.05, 4.69) is 5.32 Å². The lowest BCUT2D eigenvalue weighted by Gasteiger charge is -2.08. The van der Waals surface area contributed by atoms with Crippen molar-refractivity contribution in [1.29, 1.82) is 0 Å². The van der Waals surface area contributed by atoms with Gasteiger partial charge in [0, 0.05) is 12.6 Å². The van der Waals surface area contributed by atoms with Crippen molar-refractivity contribution in [2.24, 2.45) is 0 Å². The zero-order valence-electron chi connectivity index (χ0n) is 13.1. The molecule has 0 unspecified atom stereocenters. The van der Waals surface area contributed by atoms with Crippen LogP contribution in [0.25, 0.3) is 0 Å². The fraction of sp³-hybridized carbons (Fsp3) is 0.235. The van der Waals surface area contributed by atoms with Crippen LogP contribution in [-0.2, 0) is 11.2 Å². The summed E-state index contributed by atoms with van der Waals surface area (Å²) in [5.74, 6) is -0.627. The first-order chi connectivity index (χ1) is 11.5. The predicted molar refractivity (Wildman–Crippen MR) is 86.4 cm³/mol. The van der Waals surface area contributed by atoms with Crippen molar-refractivity contribution in [2.75, 3.05) is 13.2 Å². The fourth-order valence-corrected chi connectivity index (χ4v) is 2.08. The number of hydrogen-bond acceptors (Lipinski definition) is 4. The Labute approximate surface area is 138 Å². The summed E-state index contributed by atoms with van der Waals surface area (Å²) in [6.07, 6.45) is 0.552. The number of carbonyl (C=O) groups is 1. The van der Waals surface area contributed by atoms with Crippen LogP contribution in [0, 0.1) is 22.9 Å². The number of aryl methyl sites for hydroxylation is 1. The van der Waals surface area contributed by atoms with Gasteiger partial charge in [0.2, 0.25) is 0 Å². The Hall–Kier alpha value is -2.96. The van der Waals surface area contributed by atoms with Crippen molar-refractivity contribution in [3.63, 3.8) is 0 Å². The van der Waals surface area contributed by atoms with Crippen LogP contribution in [-0.4, -0.2) is 24.0 Å². The molecule has 1 amide bonds. The summed E-state index contributed by atoms with van der Waals surface area (Å²) in [7, 11) is 0. The molecule has 0 saturated carbocycles. The highest BCUT2D eigenvalue weighted by atomic mass is 19.1. The van der Waals surface area contributed by atoms with Gasteiger partial charge in [-0.2, -0.15) is 0 Å². The van der Waals surface area contributed by atoms with Crippen molar-refractivity contribution in [1.82, 2.24) is 5.32 Å². The Bertz CT molecular complexity index is 732. The predicted octanol–water partition coefficient (Wildman–Crippen LogP) is 2.78. The number of nitrogens with one attached hydrogen (secondary N) is 1. The Morgan fingerprint density at radius 2 is 1.96 bits per heavy atom. The van der Waals surface area contributed by atoms with E-state index in [1.165, 1.54) is 24.3 Å². The normalized spacial score (nSPS) is 10.2. The third kappa shape index (κ3) is 5.05. The van der Waals surface area contributed by atoms with Crippen molar-refractivity contribution in [3.05, 3.63) is 69.5 Å². The van der Waals surface area contributed by atoms with Crippen LogP contribution in [0.5, 0.6) is 5.75 Å². The number of ether oxygens (including phenoxy) is 1. The van der Waals surface area contributed by atoms with E-state index >= 15 is 0 Å². The van der Waals surface area contributed by atoms with E-state index in [1.807, 2.05) is 0 Å². The summed E-state index contributed by atoms with van der Waals surface area (Å²) in [5.41, 5.74) is 1.51. The van der Waals surface area contributed by atoms with E-state index in [4.69, 9.17) is 4.74 Å². The third-order valence-corrected chi connectivity index (χ3v) is 3.32. The van der Waals surface area contributed by atoms with Crippen LogP contribution in [0.3, 0.4) is 0 Å². The molecule has 1 N–H and O–H groups in total. The van der Waals surface area contributed by atoms with Gasteiger partial charge in [0.25, 0.3) is 5.91 Å². The minimum Gasteiger partial charge on any atom is -0.477 e. The number of nitro benzene ring substituents is 1. The molecule has 126 valence electrons. The molecule has 24 heavy (non-hydrogen) atoms. The van der Waals surface area contributed by atoms with E-state index in [0.717, 1.165) is 11.1 Å². The van der Waals surface area contributed by atoms with Gasteiger partial charge in [0.1, 0.15) is 5.82 Å². The molecule has 2 rings (SSSR count). The molecule has 6 nitrogen and oxygen atoms in total. The number of halogens is 1. The smallest absolute Gasteiger partial charge is 0.310 e. The quantitative estimate of drug-likeness (QED) is 0.624. The molecule has 2 aromatic rings. The summed E-state index contributed by atoms with van der Waals surface area (Å²) in [6, 6.07) is 10.5. The lowest BCUT2D eigenvalue weighted by Crippen LogP contribution is -2.30. The maximum absolute atomic E-state index is 12.8. The number of carbonyl (C=O) groups excluding carboxylic acids is 1. The first-order valence-corrected chi connectivity index (χ1v) is 7.34. The van der Waals surface area contributed by atoms with Crippen molar-refractivity contribution >= 4 is 11.6 Å². The Morgan fingerprint density at radius 3 is 2.62 bits per heavy atom. The van der Waals surface area contributed by atoms with Gasteiger partial charge in [-0.05, 0) is 42.7 Å². The molecule has 0 aliphatic carbocycles. The standard InChI is InChI=1S/C17H17FN2O4/c1-12-2-7-15(20(22)23)16(10-12)24-11-17(21)19-9-8-13-3-5-14(18)6-4-13/h2-7,10H,8-9,11H2,1H3,(H,19,21). The molecule has 0 bridgehead atoms. The molecule has 0 radical (unpaired) electrons. The van der Waals surface area contributed by atoms with Crippen molar-refractivity contribution in [2.45, 2.75) is 13.3 Å². The molecular weight excluding hydrogens is 315 g/mol. The lowest BCUT2D eigenvalue weighted by molar-refractivity contribution is -0.385. The molecule has 0 saturated heterocycles. The molecule has 0 aromatic heterocycles. The number of nitrogens with zero attached hydrogens (tertiary/aromatic N) is 1. The number of rotatable bonds is 7. The second kappa shape index (κ2) is 8.05. The first-order valence-electron chi connectivity index (χ1n) is 7.34. The number of benzene rings is 2. The highest BCUT2D eigenvalue weighted by Crippen LogP contribution is 2.27. The summed E-state index contributed by atoms with van der Waals surface area (Å²) >= 11 is 0. The molecule has 0 atom stereocenters. The summed E-state index contributed by atoms with van der Waals surface area (Å²) in [6.45, 7) is 1.83. The number of hydrogen-bond donors (Lipinski definition) is 1. The van der Waals surface area contributed by atoms with Gasteiger partial charge in [-0.1, -0.05) is 18.2 Å². The molecule has 2 aromatic carbocycles. The largest absolute Gasteiger partial charge is 0.477 e. The van der Waals surface area contributed by atoms with Crippen molar-refractivity contribution in [3.8, 4) is 5.75 Å². The van der Waals surface area contributed by atoms with Crippen LogP contribution in [0.2, 0.25) is 0 Å². The fourth-order valence-electron chi connectivity index (χ4n) is 2.08. The van der Waals surface area contributed by atoms with Crippen LogP contribution >= 0.6 is 0 Å². The Morgan fingerprint density at radius 1 is 1.25 bits per heavy atom. The summed E-state index contributed by atoms with van der Waals surface area (Å²) in [4.78, 5) is 22.1. The minimum absolute atomic E-state index is 0.0636. The monoisotopic (exact) mass is 332 g/mol. The van der Waals surface area contributed by atoms with Crippen LogP contribution < -0.4 is 10.1 Å². The van der Waals surface area contributed by atoms with Gasteiger partial charge < -0.3 is 10.1 Å². The topological polar surface area (TPSA) is 81.5 Å². The molecule has 7 heteroatoms. The molecule has 0 aliphatic rings. The maximum Gasteiger partial charge on any atom is 0.310 e. The molecule has 0 heterocycles. The van der Waals surface area contributed by atoms with Gasteiger partial charge in [0.15, 0.2) is 12.4 Å². The van der Waals surface area contributed by atoms with Crippen LogP contribution in [0.1, 0.15) is 11.1 Å². The van der Waals surface area contributed by atoms with E-state index in [1.54, 1.807) is 25.1 Å². The highest BCUT2D eigenvalue weighted by Gasteiger charge is 2.15. The van der Waals surface area contributed by atoms with Gasteiger partial charge in [-0.3, -0.25) is 14.9 Å². The highest BCUT2D eigenvalue weighted by molar-refractivity contribution is 5.77. The summed E-state index contributed by atoms with van der Waals surface area (Å²) < 4.78 is 18.0. The SMILES string of the molecule is Cc1ccc([N+](=O)[O-])c(OCC(=O)NCCc2ccc(F)cc2)c1. The van der Waals surface area contributed by atoms with Gasteiger partial charge in [-0.15, -0.1) is 0 Å². The average Bonchev–Trinajstić information content (AvgIpc) is 2.54. The van der Waals surface area contributed by atoms with E-state index in [0.29, 0.717) is 13.0 Å². The lowest BCUT2D eigenvalue weighted by atomic mass is 10.1. The minimum atomic E-state index is -0.554. The molecular formula is C17H17FN2O4. The van der Waals surface area contributed by atoms with Crippen molar-refractivity contribution < 1.29 is 18.8 Å². The van der Waals surface area contributed by atoms with Gasteiger partial charge in [0.05, 0.1) is 4.92 Å². The van der Waals surface area contributed by atoms with Gasteiger partial charge in [-0.25, -0.2) is 4.39 Å².